The van der Waals surface area contributed by atoms with Crippen LogP contribution in [0, 0.1) is 6.92 Å². The van der Waals surface area contributed by atoms with Crippen molar-refractivity contribution in [3.8, 4) is 11.5 Å². The summed E-state index contributed by atoms with van der Waals surface area (Å²) in [4.78, 5) is 11.6. The number of ether oxygens (including phenoxy) is 2. The van der Waals surface area contributed by atoms with Crippen LogP contribution in [-0.2, 0) is 4.79 Å². The van der Waals surface area contributed by atoms with Crippen molar-refractivity contribution >= 4 is 17.6 Å². The van der Waals surface area contributed by atoms with Crippen LogP contribution in [0.5, 0.6) is 11.5 Å². The molecule has 22 heavy (non-hydrogen) atoms. The lowest BCUT2D eigenvalue weighted by Gasteiger charge is -2.10. The Labute approximate surface area is 129 Å². The molecule has 0 fully saturated rings. The maximum absolute atomic E-state index is 11.6. The normalized spacial score (nSPS) is 11.1. The van der Waals surface area contributed by atoms with E-state index in [1.54, 1.807) is 31.4 Å². The first kappa shape index (κ1) is 15.6. The molecule has 0 aliphatic carbocycles. The molecule has 0 unspecified atom stereocenters. The van der Waals surface area contributed by atoms with E-state index in [4.69, 9.17) is 9.47 Å². The fourth-order valence-corrected chi connectivity index (χ4v) is 2.18. The van der Waals surface area contributed by atoms with Crippen molar-refractivity contribution in [1.29, 1.82) is 0 Å². The van der Waals surface area contributed by atoms with Crippen LogP contribution in [0.3, 0.4) is 0 Å². The Morgan fingerprint density at radius 3 is 2.32 bits per heavy atom. The molecule has 1 N–H and O–H groups in total. The third-order valence-corrected chi connectivity index (χ3v) is 3.41. The third-order valence-electron chi connectivity index (χ3n) is 3.41. The Kier molecular flexibility index (Phi) is 4.84. The van der Waals surface area contributed by atoms with Gasteiger partial charge in [0.25, 0.3) is 0 Å². The standard InChI is InChI=1S/C18H18O4/c1-12-6-4-5-7-13(12)10-15(18(19)20)14-8-9-16(21-2)17(11-14)22-3/h4-11H,1-3H3,(H,19,20)/b15-10+. The van der Waals surface area contributed by atoms with Gasteiger partial charge in [-0.05, 0) is 41.8 Å². The van der Waals surface area contributed by atoms with Crippen LogP contribution in [0.4, 0.5) is 0 Å². The van der Waals surface area contributed by atoms with E-state index in [0.717, 1.165) is 11.1 Å². The largest absolute Gasteiger partial charge is 0.493 e. The number of aliphatic carboxylic acids is 1. The van der Waals surface area contributed by atoms with E-state index in [2.05, 4.69) is 0 Å². The zero-order valence-corrected chi connectivity index (χ0v) is 12.8. The van der Waals surface area contributed by atoms with Gasteiger partial charge in [-0.25, -0.2) is 4.79 Å². The number of hydrogen-bond acceptors (Lipinski definition) is 3. The monoisotopic (exact) mass is 298 g/mol. The van der Waals surface area contributed by atoms with Gasteiger partial charge in [0.05, 0.1) is 19.8 Å². The van der Waals surface area contributed by atoms with Gasteiger partial charge in [0.2, 0.25) is 0 Å². The summed E-state index contributed by atoms with van der Waals surface area (Å²) in [5.41, 5.74) is 2.65. The molecule has 0 aliphatic rings. The van der Waals surface area contributed by atoms with Crippen LogP contribution >= 0.6 is 0 Å². The molecule has 4 nitrogen and oxygen atoms in total. The molecule has 0 bridgehead atoms. The summed E-state index contributed by atoms with van der Waals surface area (Å²) in [6.45, 7) is 1.94. The molecular formula is C18H18O4. The van der Waals surface area contributed by atoms with E-state index in [9.17, 15) is 9.90 Å². The predicted molar refractivity (Wildman–Crippen MR) is 86.2 cm³/mol. The zero-order valence-electron chi connectivity index (χ0n) is 12.8. The maximum atomic E-state index is 11.6. The van der Waals surface area contributed by atoms with Crippen molar-refractivity contribution in [3.63, 3.8) is 0 Å². The van der Waals surface area contributed by atoms with Crippen LogP contribution in [0.15, 0.2) is 42.5 Å². The molecule has 0 amide bonds. The SMILES string of the molecule is COc1ccc(/C(=C\c2ccccc2C)C(=O)O)cc1OC. The minimum Gasteiger partial charge on any atom is -0.493 e. The minimum absolute atomic E-state index is 0.204. The fourth-order valence-electron chi connectivity index (χ4n) is 2.18. The summed E-state index contributed by atoms with van der Waals surface area (Å²) in [5, 5.41) is 9.53. The molecule has 2 rings (SSSR count). The highest BCUT2D eigenvalue weighted by Gasteiger charge is 2.14. The second-order valence-electron chi connectivity index (χ2n) is 4.79. The number of benzene rings is 2. The van der Waals surface area contributed by atoms with Crippen molar-refractivity contribution in [2.45, 2.75) is 6.92 Å². The Morgan fingerprint density at radius 2 is 1.73 bits per heavy atom. The molecule has 0 radical (unpaired) electrons. The van der Waals surface area contributed by atoms with E-state index in [-0.39, 0.29) is 5.57 Å². The molecule has 0 aliphatic heterocycles. The van der Waals surface area contributed by atoms with Crippen LogP contribution in [0.25, 0.3) is 11.6 Å². The van der Waals surface area contributed by atoms with Crippen LogP contribution in [0.2, 0.25) is 0 Å². The summed E-state index contributed by atoms with van der Waals surface area (Å²) in [6.07, 6.45) is 1.67. The molecule has 0 spiro atoms. The Bertz CT molecular complexity index is 717. The number of rotatable bonds is 5. The van der Waals surface area contributed by atoms with Crippen molar-refractivity contribution in [1.82, 2.24) is 0 Å². The summed E-state index contributed by atoms with van der Waals surface area (Å²) in [7, 11) is 3.06. The average Bonchev–Trinajstić information content (AvgIpc) is 2.53. The second-order valence-corrected chi connectivity index (χ2v) is 4.79. The molecule has 2 aromatic carbocycles. The molecule has 2 aromatic rings. The van der Waals surface area contributed by atoms with Gasteiger partial charge in [-0.3, -0.25) is 0 Å². The third kappa shape index (κ3) is 3.28. The van der Waals surface area contributed by atoms with E-state index >= 15 is 0 Å². The molecular weight excluding hydrogens is 280 g/mol. The summed E-state index contributed by atoms with van der Waals surface area (Å²) in [6, 6.07) is 12.7. The second kappa shape index (κ2) is 6.80. The Morgan fingerprint density at radius 1 is 1.05 bits per heavy atom. The quantitative estimate of drug-likeness (QED) is 0.676. The molecule has 0 heterocycles. The number of carbonyl (C=O) groups is 1. The Hall–Kier alpha value is -2.75. The summed E-state index contributed by atoms with van der Waals surface area (Å²) < 4.78 is 10.4. The van der Waals surface area contributed by atoms with E-state index < -0.39 is 5.97 Å². The van der Waals surface area contributed by atoms with Gasteiger partial charge in [-0.15, -0.1) is 0 Å². The molecule has 114 valence electrons. The predicted octanol–water partition coefficient (Wildman–Crippen LogP) is 3.64. The van der Waals surface area contributed by atoms with Crippen LogP contribution in [0.1, 0.15) is 16.7 Å². The number of aryl methyl sites for hydroxylation is 1. The van der Waals surface area contributed by atoms with Crippen LogP contribution < -0.4 is 9.47 Å². The first-order valence-corrected chi connectivity index (χ1v) is 6.80. The lowest BCUT2D eigenvalue weighted by Crippen LogP contribution is -2.01. The smallest absolute Gasteiger partial charge is 0.336 e. The van der Waals surface area contributed by atoms with Crippen molar-refractivity contribution in [3.05, 3.63) is 59.2 Å². The molecule has 0 saturated heterocycles. The number of methoxy groups -OCH3 is 2. The molecule has 4 heteroatoms. The highest BCUT2D eigenvalue weighted by atomic mass is 16.5. The minimum atomic E-state index is -0.990. The summed E-state index contributed by atoms with van der Waals surface area (Å²) in [5.74, 6) is 0.0688. The zero-order chi connectivity index (χ0) is 16.1. The highest BCUT2D eigenvalue weighted by molar-refractivity contribution is 6.20. The van der Waals surface area contributed by atoms with E-state index in [1.807, 2.05) is 31.2 Å². The van der Waals surface area contributed by atoms with Gasteiger partial charge in [0, 0.05) is 0 Å². The van der Waals surface area contributed by atoms with Gasteiger partial charge in [0.15, 0.2) is 11.5 Å². The first-order chi connectivity index (χ1) is 10.6. The first-order valence-electron chi connectivity index (χ1n) is 6.80. The van der Waals surface area contributed by atoms with Gasteiger partial charge in [0.1, 0.15) is 0 Å². The summed E-state index contributed by atoms with van der Waals surface area (Å²) >= 11 is 0. The van der Waals surface area contributed by atoms with Gasteiger partial charge >= 0.3 is 5.97 Å². The fraction of sp³-hybridized carbons (Fsp3) is 0.167. The topological polar surface area (TPSA) is 55.8 Å². The van der Waals surface area contributed by atoms with Gasteiger partial charge < -0.3 is 14.6 Å². The van der Waals surface area contributed by atoms with Crippen LogP contribution in [-0.4, -0.2) is 25.3 Å². The lowest BCUT2D eigenvalue weighted by atomic mass is 10.00. The van der Waals surface area contributed by atoms with Crippen molar-refractivity contribution in [2.75, 3.05) is 14.2 Å². The molecule has 0 atom stereocenters. The van der Waals surface area contributed by atoms with Crippen molar-refractivity contribution in [2.24, 2.45) is 0 Å². The van der Waals surface area contributed by atoms with E-state index in [0.29, 0.717) is 17.1 Å². The number of hydrogen-bond donors (Lipinski definition) is 1. The maximum Gasteiger partial charge on any atom is 0.336 e. The van der Waals surface area contributed by atoms with E-state index in [1.165, 1.54) is 7.11 Å². The number of carboxylic acids is 1. The lowest BCUT2D eigenvalue weighted by molar-refractivity contribution is -0.130. The average molecular weight is 298 g/mol. The highest BCUT2D eigenvalue weighted by Crippen LogP contribution is 2.31. The Balaban J connectivity index is 2.54. The molecule has 0 aromatic heterocycles. The molecule has 0 saturated carbocycles. The number of carboxylic acid groups (broad SMARTS) is 1. The van der Waals surface area contributed by atoms with Gasteiger partial charge in [-0.2, -0.15) is 0 Å². The van der Waals surface area contributed by atoms with Crippen molar-refractivity contribution < 1.29 is 19.4 Å². The van der Waals surface area contributed by atoms with Gasteiger partial charge in [-0.1, -0.05) is 30.3 Å².